The molecule has 8 nitrogen and oxygen atoms in total. The molecule has 0 radical (unpaired) electrons. The minimum Gasteiger partial charge on any atom is -0.493 e. The number of nitrogens with zero attached hydrogens (tertiary/aromatic N) is 3. The second kappa shape index (κ2) is 11.2. The quantitative estimate of drug-likeness (QED) is 0.305. The Kier molecular flexibility index (Phi) is 7.73. The highest BCUT2D eigenvalue weighted by Gasteiger charge is 2.34. The fourth-order valence-electron chi connectivity index (χ4n) is 5.30. The van der Waals surface area contributed by atoms with Crippen LogP contribution in [-0.4, -0.2) is 35.9 Å². The fourth-order valence-corrected chi connectivity index (χ4v) is 6.33. The number of fused-ring (bicyclic) bond motifs is 1. The molecule has 0 fully saturated rings. The Morgan fingerprint density at radius 2 is 1.71 bits per heavy atom. The van der Waals surface area contributed by atoms with Crippen molar-refractivity contribution in [2.75, 3.05) is 20.8 Å². The van der Waals surface area contributed by atoms with Crippen LogP contribution < -0.4 is 24.4 Å². The Hall–Kier alpha value is -4.37. The van der Waals surface area contributed by atoms with Crippen molar-refractivity contribution < 1.29 is 19.0 Å². The van der Waals surface area contributed by atoms with Crippen LogP contribution >= 0.6 is 11.3 Å². The summed E-state index contributed by atoms with van der Waals surface area (Å²) in [6.07, 6.45) is 1.91. The number of hydrogen-bond acceptors (Lipinski definition) is 7. The summed E-state index contributed by atoms with van der Waals surface area (Å²) in [5.74, 6) is 0.531. The molecule has 2 aromatic carbocycles. The summed E-state index contributed by atoms with van der Waals surface area (Å²) >= 11 is 1.30. The van der Waals surface area contributed by atoms with E-state index in [9.17, 15) is 9.59 Å². The molecule has 2 aromatic heterocycles. The molecule has 0 N–H and O–H groups in total. The standard InChI is InChI=1S/C32H33N3O5S/c1-8-40-31(37)28-20(4)33-32-35(29(28)22-11-14-25(38-6)26(16-22)39-7)30(36)27(41-32)17-23-15-19(3)34(21(23)5)24-12-9-18(2)10-13-24/h9-17,29H,8H2,1-7H3/t29-/m1/s1. The smallest absolute Gasteiger partial charge is 0.338 e. The molecule has 0 saturated heterocycles. The van der Waals surface area contributed by atoms with Gasteiger partial charge in [0.1, 0.15) is 0 Å². The summed E-state index contributed by atoms with van der Waals surface area (Å²) < 4.78 is 20.6. The van der Waals surface area contributed by atoms with Crippen molar-refractivity contribution in [1.29, 1.82) is 0 Å². The number of methoxy groups -OCH3 is 2. The highest BCUT2D eigenvalue weighted by atomic mass is 32.1. The number of rotatable bonds is 7. The van der Waals surface area contributed by atoms with Gasteiger partial charge in [0.15, 0.2) is 16.3 Å². The Bertz CT molecular complexity index is 1860. The largest absolute Gasteiger partial charge is 0.493 e. The topological polar surface area (TPSA) is 84.1 Å². The number of aromatic nitrogens is 2. The van der Waals surface area contributed by atoms with E-state index in [2.05, 4.69) is 53.7 Å². The molecule has 41 heavy (non-hydrogen) atoms. The lowest BCUT2D eigenvalue weighted by Gasteiger charge is -2.25. The molecule has 5 rings (SSSR count). The summed E-state index contributed by atoms with van der Waals surface area (Å²) in [5.41, 5.74) is 6.56. The van der Waals surface area contributed by atoms with E-state index in [1.807, 2.05) is 19.1 Å². The number of ether oxygens (including phenoxy) is 3. The molecular formula is C32H33N3O5S. The number of aryl methyl sites for hydroxylation is 2. The lowest BCUT2D eigenvalue weighted by atomic mass is 9.95. The van der Waals surface area contributed by atoms with Crippen molar-refractivity contribution in [2.45, 2.75) is 40.7 Å². The van der Waals surface area contributed by atoms with Gasteiger partial charge in [-0.15, -0.1) is 0 Å². The van der Waals surface area contributed by atoms with Gasteiger partial charge in [-0.2, -0.15) is 0 Å². The third kappa shape index (κ3) is 5.02. The van der Waals surface area contributed by atoms with Gasteiger partial charge in [-0.3, -0.25) is 9.36 Å². The van der Waals surface area contributed by atoms with Crippen molar-refractivity contribution in [1.82, 2.24) is 9.13 Å². The van der Waals surface area contributed by atoms with Gasteiger partial charge in [-0.05, 0) is 82.2 Å². The van der Waals surface area contributed by atoms with Gasteiger partial charge in [0.2, 0.25) is 0 Å². The van der Waals surface area contributed by atoms with Crippen molar-refractivity contribution >= 4 is 23.4 Å². The predicted octanol–water partition coefficient (Wildman–Crippen LogP) is 4.53. The maximum absolute atomic E-state index is 14.1. The lowest BCUT2D eigenvalue weighted by Crippen LogP contribution is -2.40. The maximum atomic E-state index is 14.1. The molecule has 0 saturated carbocycles. The number of hydrogen-bond donors (Lipinski definition) is 0. The third-order valence-corrected chi connectivity index (χ3v) is 8.27. The number of carbonyl (C=O) groups is 1. The van der Waals surface area contributed by atoms with Gasteiger partial charge in [0.25, 0.3) is 5.56 Å². The molecule has 9 heteroatoms. The average molecular weight is 572 g/mol. The van der Waals surface area contributed by atoms with Crippen molar-refractivity contribution in [2.24, 2.45) is 4.99 Å². The van der Waals surface area contributed by atoms with Crippen LogP contribution in [0.15, 0.2) is 69.6 Å². The average Bonchev–Trinajstić information content (AvgIpc) is 3.41. The molecule has 1 aliphatic heterocycles. The zero-order valence-corrected chi connectivity index (χ0v) is 25.1. The van der Waals surface area contributed by atoms with E-state index in [4.69, 9.17) is 14.2 Å². The first-order valence-electron chi connectivity index (χ1n) is 13.4. The van der Waals surface area contributed by atoms with Crippen LogP contribution in [0.3, 0.4) is 0 Å². The number of carbonyl (C=O) groups excluding carboxylic acids is 1. The van der Waals surface area contributed by atoms with E-state index in [-0.39, 0.29) is 12.2 Å². The van der Waals surface area contributed by atoms with Gasteiger partial charge >= 0.3 is 5.97 Å². The summed E-state index contributed by atoms with van der Waals surface area (Å²) in [5, 5.41) is 0. The zero-order valence-electron chi connectivity index (χ0n) is 24.3. The van der Waals surface area contributed by atoms with Gasteiger partial charge in [0, 0.05) is 17.1 Å². The van der Waals surface area contributed by atoms with Gasteiger partial charge in [-0.1, -0.05) is 35.1 Å². The molecule has 0 amide bonds. The second-order valence-corrected chi connectivity index (χ2v) is 10.9. The van der Waals surface area contributed by atoms with Gasteiger partial charge < -0.3 is 18.8 Å². The maximum Gasteiger partial charge on any atom is 0.338 e. The predicted molar refractivity (Wildman–Crippen MR) is 160 cm³/mol. The molecule has 1 atom stereocenters. The molecule has 3 heterocycles. The first-order valence-corrected chi connectivity index (χ1v) is 14.2. The molecule has 4 aromatic rings. The Morgan fingerprint density at radius 1 is 1.00 bits per heavy atom. The zero-order chi connectivity index (χ0) is 29.4. The summed E-state index contributed by atoms with van der Waals surface area (Å²) in [6, 6.07) is 15.1. The van der Waals surface area contributed by atoms with Crippen molar-refractivity contribution in [3.05, 3.63) is 108 Å². The summed E-state index contributed by atoms with van der Waals surface area (Å²) in [4.78, 5) is 32.5. The SMILES string of the molecule is CCOC(=O)C1=C(C)N=c2sc(=Cc3cc(C)n(-c4ccc(C)cc4)c3C)c(=O)n2[C@@H]1c1ccc(OC)c(OC)c1. The highest BCUT2D eigenvalue weighted by molar-refractivity contribution is 7.07. The van der Waals surface area contributed by atoms with E-state index in [1.54, 1.807) is 44.8 Å². The Balaban J connectivity index is 1.70. The molecule has 0 spiro atoms. The molecule has 1 aliphatic rings. The van der Waals surface area contributed by atoms with E-state index < -0.39 is 12.0 Å². The van der Waals surface area contributed by atoms with Crippen LogP contribution in [0.25, 0.3) is 11.8 Å². The minimum atomic E-state index is -0.743. The van der Waals surface area contributed by atoms with E-state index in [1.165, 1.54) is 16.9 Å². The van der Waals surface area contributed by atoms with E-state index >= 15 is 0 Å². The fraction of sp³-hybridized carbons (Fsp3) is 0.281. The van der Waals surface area contributed by atoms with Crippen LogP contribution in [0.4, 0.5) is 0 Å². The Morgan fingerprint density at radius 3 is 2.37 bits per heavy atom. The van der Waals surface area contributed by atoms with Crippen LogP contribution in [0.5, 0.6) is 11.5 Å². The monoisotopic (exact) mass is 571 g/mol. The highest BCUT2D eigenvalue weighted by Crippen LogP contribution is 2.36. The Labute approximate surface area is 242 Å². The number of esters is 1. The molecular weight excluding hydrogens is 538 g/mol. The van der Waals surface area contributed by atoms with E-state index in [0.29, 0.717) is 37.7 Å². The summed E-state index contributed by atoms with van der Waals surface area (Å²) in [7, 11) is 3.11. The number of allylic oxidation sites excluding steroid dienone is 1. The van der Waals surface area contributed by atoms with Crippen LogP contribution in [-0.2, 0) is 9.53 Å². The molecule has 0 bridgehead atoms. The second-order valence-electron chi connectivity index (χ2n) is 9.91. The third-order valence-electron chi connectivity index (χ3n) is 7.29. The van der Waals surface area contributed by atoms with Gasteiger partial charge in [0.05, 0.1) is 42.7 Å². The molecule has 0 unspecified atom stereocenters. The van der Waals surface area contributed by atoms with Crippen molar-refractivity contribution in [3.63, 3.8) is 0 Å². The number of thiazole rings is 1. The minimum absolute atomic E-state index is 0.204. The normalized spacial score (nSPS) is 15.0. The first kappa shape index (κ1) is 28.2. The van der Waals surface area contributed by atoms with Crippen LogP contribution in [0, 0.1) is 20.8 Å². The van der Waals surface area contributed by atoms with Crippen molar-refractivity contribution in [3.8, 4) is 17.2 Å². The first-order chi connectivity index (χ1) is 19.7. The lowest BCUT2D eigenvalue weighted by molar-refractivity contribution is -0.139. The van der Waals surface area contributed by atoms with Crippen LogP contribution in [0.2, 0.25) is 0 Å². The summed E-state index contributed by atoms with van der Waals surface area (Å²) in [6.45, 7) is 9.89. The molecule has 0 aliphatic carbocycles. The number of benzene rings is 2. The molecule has 212 valence electrons. The van der Waals surface area contributed by atoms with Crippen LogP contribution in [0.1, 0.15) is 48.0 Å². The van der Waals surface area contributed by atoms with E-state index in [0.717, 1.165) is 22.6 Å². The van der Waals surface area contributed by atoms with Gasteiger partial charge in [-0.25, -0.2) is 9.79 Å².